The minimum Gasteiger partial charge on any atom is -0.504 e. The predicted molar refractivity (Wildman–Crippen MR) is 89.1 cm³/mol. The van der Waals surface area contributed by atoms with Gasteiger partial charge in [0, 0.05) is 11.8 Å². The van der Waals surface area contributed by atoms with E-state index in [0.717, 1.165) is 5.56 Å². The number of nitrogens with one attached hydrogen (secondary N) is 1. The molecule has 0 heterocycles. The van der Waals surface area contributed by atoms with Gasteiger partial charge in [-0.2, -0.15) is 5.26 Å². The van der Waals surface area contributed by atoms with E-state index in [1.807, 2.05) is 6.07 Å². The summed E-state index contributed by atoms with van der Waals surface area (Å²) in [7, 11) is 2.98. The molecule has 2 N–H and O–H groups in total. The Hall–Kier alpha value is -3.20. The average Bonchev–Trinajstić information content (AvgIpc) is 2.60. The molecule has 2 aromatic carbocycles. The molecule has 0 aliphatic rings. The number of benzene rings is 2. The van der Waals surface area contributed by atoms with Crippen molar-refractivity contribution in [3.63, 3.8) is 0 Å². The standard InChI is InChI=1S/C18H18N2O4/c1-23-15-5-3-4-14(10-15)20-18(22)13(11-19)8-12-6-7-16(21)17(9-12)24-2/h3-7,9-10,13,21H,8H2,1-2H3,(H,20,22). The molecule has 0 fully saturated rings. The van der Waals surface area contributed by atoms with Crippen molar-refractivity contribution < 1.29 is 19.4 Å². The van der Waals surface area contributed by atoms with Crippen LogP contribution in [0.1, 0.15) is 5.56 Å². The maximum Gasteiger partial charge on any atom is 0.242 e. The second-order valence-corrected chi connectivity index (χ2v) is 5.11. The molecule has 2 aromatic rings. The van der Waals surface area contributed by atoms with E-state index in [4.69, 9.17) is 9.47 Å². The molecule has 0 spiro atoms. The zero-order chi connectivity index (χ0) is 17.5. The number of carbonyl (C=O) groups excluding carboxylic acids is 1. The lowest BCUT2D eigenvalue weighted by molar-refractivity contribution is -0.118. The maximum atomic E-state index is 12.3. The monoisotopic (exact) mass is 326 g/mol. The van der Waals surface area contributed by atoms with E-state index in [1.165, 1.54) is 20.3 Å². The molecule has 124 valence electrons. The molecule has 0 aromatic heterocycles. The summed E-state index contributed by atoms with van der Waals surface area (Å²) in [6.45, 7) is 0. The Bertz CT molecular complexity index is 768. The van der Waals surface area contributed by atoms with Gasteiger partial charge in [0.1, 0.15) is 11.7 Å². The molecule has 0 radical (unpaired) electrons. The maximum absolute atomic E-state index is 12.3. The number of rotatable bonds is 6. The Morgan fingerprint density at radius 3 is 2.71 bits per heavy atom. The van der Waals surface area contributed by atoms with Crippen LogP contribution in [0.25, 0.3) is 0 Å². The van der Waals surface area contributed by atoms with Crippen molar-refractivity contribution in [2.75, 3.05) is 19.5 Å². The number of phenolic OH excluding ortho intramolecular Hbond substituents is 1. The number of anilines is 1. The van der Waals surface area contributed by atoms with Gasteiger partial charge >= 0.3 is 0 Å². The van der Waals surface area contributed by atoms with Gasteiger partial charge in [0.25, 0.3) is 0 Å². The van der Waals surface area contributed by atoms with Gasteiger partial charge in [0.05, 0.1) is 20.3 Å². The molecule has 0 aliphatic carbocycles. The Balaban J connectivity index is 2.10. The molecule has 0 saturated carbocycles. The van der Waals surface area contributed by atoms with Gasteiger partial charge in [-0.25, -0.2) is 0 Å². The molecular weight excluding hydrogens is 308 g/mol. The lowest BCUT2D eigenvalue weighted by Gasteiger charge is -2.12. The van der Waals surface area contributed by atoms with E-state index in [0.29, 0.717) is 17.2 Å². The summed E-state index contributed by atoms with van der Waals surface area (Å²) in [5.41, 5.74) is 1.28. The number of hydrogen-bond donors (Lipinski definition) is 2. The molecular formula is C18H18N2O4. The van der Waals surface area contributed by atoms with Gasteiger partial charge in [-0.15, -0.1) is 0 Å². The fourth-order valence-electron chi connectivity index (χ4n) is 2.21. The van der Waals surface area contributed by atoms with E-state index in [2.05, 4.69) is 5.32 Å². The summed E-state index contributed by atoms with van der Waals surface area (Å²) in [5.74, 6) is -0.346. The molecule has 6 nitrogen and oxygen atoms in total. The SMILES string of the molecule is COc1cccc(NC(=O)C(C#N)Cc2ccc(O)c(OC)c2)c1. The van der Waals surface area contributed by atoms with E-state index >= 15 is 0 Å². The van der Waals surface area contributed by atoms with Crippen molar-refractivity contribution in [2.45, 2.75) is 6.42 Å². The van der Waals surface area contributed by atoms with E-state index in [1.54, 1.807) is 36.4 Å². The highest BCUT2D eigenvalue weighted by Gasteiger charge is 2.19. The Kier molecular flexibility index (Phi) is 5.63. The molecule has 0 saturated heterocycles. The minimum atomic E-state index is -0.870. The normalized spacial score (nSPS) is 11.2. The van der Waals surface area contributed by atoms with Gasteiger partial charge in [0.15, 0.2) is 11.5 Å². The third-order valence-corrected chi connectivity index (χ3v) is 3.49. The average molecular weight is 326 g/mol. The summed E-state index contributed by atoms with van der Waals surface area (Å²) in [4.78, 5) is 12.3. The van der Waals surface area contributed by atoms with Crippen LogP contribution in [-0.4, -0.2) is 25.2 Å². The van der Waals surface area contributed by atoms with Crippen molar-refractivity contribution in [1.29, 1.82) is 5.26 Å². The summed E-state index contributed by atoms with van der Waals surface area (Å²) in [6.07, 6.45) is 0.211. The Labute approximate surface area is 140 Å². The van der Waals surface area contributed by atoms with E-state index < -0.39 is 11.8 Å². The number of nitriles is 1. The third-order valence-electron chi connectivity index (χ3n) is 3.49. The number of phenols is 1. The molecule has 1 amide bonds. The van der Waals surface area contributed by atoms with Gasteiger partial charge < -0.3 is 19.9 Å². The van der Waals surface area contributed by atoms with Crippen LogP contribution in [0.4, 0.5) is 5.69 Å². The zero-order valence-corrected chi connectivity index (χ0v) is 13.4. The first-order valence-electron chi connectivity index (χ1n) is 7.27. The van der Waals surface area contributed by atoms with E-state index in [-0.39, 0.29) is 12.2 Å². The highest BCUT2D eigenvalue weighted by Crippen LogP contribution is 2.27. The van der Waals surface area contributed by atoms with Crippen molar-refractivity contribution in [3.8, 4) is 23.3 Å². The van der Waals surface area contributed by atoms with Crippen LogP contribution in [0.5, 0.6) is 17.2 Å². The fourth-order valence-corrected chi connectivity index (χ4v) is 2.21. The Morgan fingerprint density at radius 2 is 2.04 bits per heavy atom. The van der Waals surface area contributed by atoms with Gasteiger partial charge in [-0.1, -0.05) is 12.1 Å². The lowest BCUT2D eigenvalue weighted by atomic mass is 9.99. The number of methoxy groups -OCH3 is 2. The quantitative estimate of drug-likeness (QED) is 0.851. The third kappa shape index (κ3) is 4.17. The second-order valence-electron chi connectivity index (χ2n) is 5.11. The van der Waals surface area contributed by atoms with Crippen molar-refractivity contribution in [1.82, 2.24) is 0 Å². The molecule has 2 rings (SSSR count). The smallest absolute Gasteiger partial charge is 0.242 e. The van der Waals surface area contributed by atoms with Crippen LogP contribution < -0.4 is 14.8 Å². The first-order valence-corrected chi connectivity index (χ1v) is 7.27. The van der Waals surface area contributed by atoms with Gasteiger partial charge in [-0.05, 0) is 36.2 Å². The summed E-state index contributed by atoms with van der Waals surface area (Å²) in [5, 5.41) is 21.6. The lowest BCUT2D eigenvalue weighted by Crippen LogP contribution is -2.23. The first kappa shape index (κ1) is 17.2. The molecule has 1 atom stereocenters. The number of ether oxygens (including phenoxy) is 2. The van der Waals surface area contributed by atoms with Gasteiger partial charge in [-0.3, -0.25) is 4.79 Å². The first-order chi connectivity index (χ1) is 11.6. The number of hydrogen-bond acceptors (Lipinski definition) is 5. The van der Waals surface area contributed by atoms with Crippen LogP contribution in [0.3, 0.4) is 0 Å². The minimum absolute atomic E-state index is 0.00981. The van der Waals surface area contributed by atoms with Crippen LogP contribution in [-0.2, 0) is 11.2 Å². The van der Waals surface area contributed by atoms with Crippen LogP contribution in [0.2, 0.25) is 0 Å². The molecule has 24 heavy (non-hydrogen) atoms. The predicted octanol–water partition coefficient (Wildman–Crippen LogP) is 2.73. The molecule has 0 bridgehead atoms. The molecule has 6 heteroatoms. The Morgan fingerprint density at radius 1 is 1.25 bits per heavy atom. The van der Waals surface area contributed by atoms with Crippen molar-refractivity contribution in [3.05, 3.63) is 48.0 Å². The van der Waals surface area contributed by atoms with Crippen LogP contribution in [0, 0.1) is 17.2 Å². The fraction of sp³-hybridized carbons (Fsp3) is 0.222. The van der Waals surface area contributed by atoms with Crippen molar-refractivity contribution >= 4 is 11.6 Å². The highest BCUT2D eigenvalue weighted by atomic mass is 16.5. The van der Waals surface area contributed by atoms with Gasteiger partial charge in [0.2, 0.25) is 5.91 Å². The second kappa shape index (κ2) is 7.88. The summed E-state index contributed by atoms with van der Waals surface area (Å²) < 4.78 is 10.1. The summed E-state index contributed by atoms with van der Waals surface area (Å²) >= 11 is 0. The highest BCUT2D eigenvalue weighted by molar-refractivity contribution is 5.94. The van der Waals surface area contributed by atoms with Crippen molar-refractivity contribution in [2.24, 2.45) is 5.92 Å². The number of amides is 1. The number of nitrogens with zero attached hydrogens (tertiary/aromatic N) is 1. The zero-order valence-electron chi connectivity index (χ0n) is 13.4. The topological polar surface area (TPSA) is 91.6 Å². The number of carbonyl (C=O) groups is 1. The van der Waals surface area contributed by atoms with Crippen LogP contribution >= 0.6 is 0 Å². The van der Waals surface area contributed by atoms with E-state index in [9.17, 15) is 15.2 Å². The largest absolute Gasteiger partial charge is 0.504 e. The number of aromatic hydroxyl groups is 1. The molecule has 1 unspecified atom stereocenters. The van der Waals surface area contributed by atoms with Crippen LogP contribution in [0.15, 0.2) is 42.5 Å². The molecule has 0 aliphatic heterocycles. The summed E-state index contributed by atoms with van der Waals surface area (Å²) in [6, 6.07) is 13.7.